The summed E-state index contributed by atoms with van der Waals surface area (Å²) < 4.78 is 22.6. The highest BCUT2D eigenvalue weighted by molar-refractivity contribution is 6.28. The van der Waals surface area contributed by atoms with E-state index in [4.69, 9.17) is 16.3 Å². The molecule has 2 aromatic heterocycles. The van der Waals surface area contributed by atoms with Gasteiger partial charge in [-0.05, 0) is 65.3 Å². The van der Waals surface area contributed by atoms with Gasteiger partial charge in [-0.1, -0.05) is 0 Å². The minimum Gasteiger partial charge on any atom is -0.486 e. The van der Waals surface area contributed by atoms with Crippen LogP contribution in [0.15, 0.2) is 18.3 Å². The average molecular weight is 377 g/mol. The quantitative estimate of drug-likeness (QED) is 0.578. The van der Waals surface area contributed by atoms with E-state index in [0.29, 0.717) is 11.3 Å². The Balaban J connectivity index is 2.34. The largest absolute Gasteiger partial charge is 0.486 e. The van der Waals surface area contributed by atoms with Crippen molar-refractivity contribution >= 4 is 22.6 Å². The molecule has 0 aliphatic rings. The van der Waals surface area contributed by atoms with Gasteiger partial charge in [0.05, 0.1) is 11.7 Å². The number of hydrogen-bond acceptors (Lipinski definition) is 4. The van der Waals surface area contributed by atoms with Crippen LogP contribution in [0.1, 0.15) is 46.5 Å². The van der Waals surface area contributed by atoms with Gasteiger partial charge >= 0.3 is 0 Å². The zero-order valence-electron chi connectivity index (χ0n) is 15.8. The Morgan fingerprint density at radius 3 is 2.50 bits per heavy atom. The van der Waals surface area contributed by atoms with Crippen LogP contribution in [0.3, 0.4) is 0 Å². The molecular weight excluding hydrogens is 355 g/mol. The number of ether oxygens (including phenoxy) is 1. The van der Waals surface area contributed by atoms with E-state index in [2.05, 4.69) is 33.4 Å². The topological polar surface area (TPSA) is 52.8 Å². The molecule has 26 heavy (non-hydrogen) atoms. The van der Waals surface area contributed by atoms with Gasteiger partial charge in [-0.2, -0.15) is 0 Å². The van der Waals surface area contributed by atoms with E-state index in [1.165, 1.54) is 0 Å². The van der Waals surface area contributed by atoms with Gasteiger partial charge in [-0.3, -0.25) is 0 Å². The van der Waals surface area contributed by atoms with Gasteiger partial charge in [0.2, 0.25) is 5.28 Å². The molecule has 0 amide bonds. The molecule has 0 unspecified atom stereocenters. The Kier molecular flexibility index (Phi) is 4.65. The smallest absolute Gasteiger partial charge is 0.223 e. The minimum atomic E-state index is -0.539. The Morgan fingerprint density at radius 1 is 1.19 bits per heavy atom. The Hall–Kier alpha value is -2.21. The zero-order chi connectivity index (χ0) is 19.2. The predicted octanol–water partition coefficient (Wildman–Crippen LogP) is 5.35. The van der Waals surface area contributed by atoms with E-state index < -0.39 is 11.4 Å². The van der Waals surface area contributed by atoms with Crippen molar-refractivity contribution in [2.75, 3.05) is 0 Å². The summed E-state index contributed by atoms with van der Waals surface area (Å²) in [6, 6.07) is 3.82. The van der Waals surface area contributed by atoms with E-state index in [1.807, 2.05) is 33.8 Å². The normalized spacial score (nSPS) is 12.2. The van der Waals surface area contributed by atoms with Gasteiger partial charge in [-0.25, -0.2) is 19.3 Å². The van der Waals surface area contributed by atoms with Crippen LogP contribution in [0, 0.1) is 12.7 Å². The highest BCUT2D eigenvalue weighted by Crippen LogP contribution is 2.36. The number of aromatic nitrogens is 4. The standard InChI is InChI=1S/C19H22ClFN4O/c1-10(2)25-11(3)23-17-14(25)7-12(8-15(17)26-19(4,5)6)16-13(21)9-22-18(20)24-16/h7-10H,1-6H3. The molecule has 1 aromatic carbocycles. The molecule has 0 aliphatic carbocycles. The number of nitrogens with zero attached hydrogens (tertiary/aromatic N) is 4. The number of rotatable bonds is 3. The van der Waals surface area contributed by atoms with Crippen molar-refractivity contribution in [2.24, 2.45) is 0 Å². The lowest BCUT2D eigenvalue weighted by Gasteiger charge is -2.22. The molecule has 0 N–H and O–H groups in total. The van der Waals surface area contributed by atoms with Crippen LogP contribution in [0.5, 0.6) is 5.75 Å². The van der Waals surface area contributed by atoms with Crippen molar-refractivity contribution in [1.82, 2.24) is 19.5 Å². The molecular formula is C19H22ClFN4O. The molecule has 0 bridgehead atoms. The fourth-order valence-electron chi connectivity index (χ4n) is 3.02. The molecule has 0 atom stereocenters. The zero-order valence-corrected chi connectivity index (χ0v) is 16.5. The molecule has 0 fully saturated rings. The van der Waals surface area contributed by atoms with Gasteiger partial charge < -0.3 is 9.30 Å². The maximum Gasteiger partial charge on any atom is 0.223 e. The molecule has 0 saturated heterocycles. The third-order valence-corrected chi connectivity index (χ3v) is 4.04. The Labute approximate surface area is 157 Å². The number of imidazole rings is 1. The lowest BCUT2D eigenvalue weighted by Crippen LogP contribution is -2.23. The number of fused-ring (bicyclic) bond motifs is 1. The van der Waals surface area contributed by atoms with Crippen molar-refractivity contribution in [1.29, 1.82) is 0 Å². The molecule has 0 aliphatic heterocycles. The summed E-state index contributed by atoms with van der Waals surface area (Å²) in [6.07, 6.45) is 1.07. The second-order valence-corrected chi connectivity index (χ2v) is 7.85. The maximum atomic E-state index is 14.3. The summed E-state index contributed by atoms with van der Waals surface area (Å²) in [6.45, 7) is 12.0. The van der Waals surface area contributed by atoms with Gasteiger partial charge in [0, 0.05) is 11.6 Å². The van der Waals surface area contributed by atoms with E-state index in [9.17, 15) is 4.39 Å². The fourth-order valence-corrected chi connectivity index (χ4v) is 3.16. The molecule has 5 nitrogen and oxygen atoms in total. The van der Waals surface area contributed by atoms with E-state index in [1.54, 1.807) is 6.07 Å². The number of hydrogen-bond donors (Lipinski definition) is 0. The second-order valence-electron chi connectivity index (χ2n) is 7.51. The van der Waals surface area contributed by atoms with Crippen LogP contribution in [0.25, 0.3) is 22.3 Å². The van der Waals surface area contributed by atoms with Crippen molar-refractivity contribution in [2.45, 2.75) is 53.2 Å². The fraction of sp³-hybridized carbons (Fsp3) is 0.421. The van der Waals surface area contributed by atoms with Crippen LogP contribution in [-0.4, -0.2) is 25.1 Å². The molecule has 3 aromatic rings. The Bertz CT molecular complexity index is 976. The summed E-state index contributed by atoms with van der Waals surface area (Å²) in [4.78, 5) is 12.4. The van der Waals surface area contributed by atoms with Crippen molar-refractivity contribution in [3.05, 3.63) is 35.3 Å². The van der Waals surface area contributed by atoms with Gasteiger partial charge in [-0.15, -0.1) is 0 Å². The monoisotopic (exact) mass is 376 g/mol. The summed E-state index contributed by atoms with van der Waals surface area (Å²) in [5.74, 6) is 0.913. The molecule has 0 saturated carbocycles. The third-order valence-electron chi connectivity index (χ3n) is 3.86. The lowest BCUT2D eigenvalue weighted by molar-refractivity contribution is 0.133. The predicted molar refractivity (Wildman–Crippen MR) is 101 cm³/mol. The van der Waals surface area contributed by atoms with Gasteiger partial charge in [0.1, 0.15) is 28.4 Å². The molecule has 2 heterocycles. The maximum absolute atomic E-state index is 14.3. The van der Waals surface area contributed by atoms with Gasteiger partial charge in [0.15, 0.2) is 5.82 Å². The number of aryl methyl sites for hydroxylation is 1. The van der Waals surface area contributed by atoms with Crippen LogP contribution in [-0.2, 0) is 0 Å². The minimum absolute atomic E-state index is 0.00617. The Morgan fingerprint density at radius 2 is 1.88 bits per heavy atom. The summed E-state index contributed by atoms with van der Waals surface area (Å²) >= 11 is 5.88. The number of halogens is 2. The average Bonchev–Trinajstić information content (AvgIpc) is 2.84. The first-order valence-electron chi connectivity index (χ1n) is 8.47. The first kappa shape index (κ1) is 18.6. The second kappa shape index (κ2) is 6.50. The third kappa shape index (κ3) is 3.51. The van der Waals surface area contributed by atoms with Crippen LogP contribution in [0.2, 0.25) is 5.28 Å². The van der Waals surface area contributed by atoms with Gasteiger partial charge in [0.25, 0.3) is 0 Å². The van der Waals surface area contributed by atoms with Crippen molar-refractivity contribution < 1.29 is 9.13 Å². The first-order valence-corrected chi connectivity index (χ1v) is 8.84. The molecule has 138 valence electrons. The molecule has 3 rings (SSSR count). The van der Waals surface area contributed by atoms with E-state index in [0.717, 1.165) is 23.1 Å². The lowest BCUT2D eigenvalue weighted by atomic mass is 10.1. The highest BCUT2D eigenvalue weighted by atomic mass is 35.5. The van der Waals surface area contributed by atoms with E-state index in [-0.39, 0.29) is 17.0 Å². The van der Waals surface area contributed by atoms with Crippen molar-refractivity contribution in [3.63, 3.8) is 0 Å². The number of benzene rings is 1. The summed E-state index contributed by atoms with van der Waals surface area (Å²) in [5, 5.41) is -0.00617. The van der Waals surface area contributed by atoms with Crippen molar-refractivity contribution in [3.8, 4) is 17.0 Å². The summed E-state index contributed by atoms with van der Waals surface area (Å²) in [7, 11) is 0. The molecule has 0 spiro atoms. The molecule has 0 radical (unpaired) electrons. The first-order chi connectivity index (χ1) is 12.1. The van der Waals surface area contributed by atoms with Crippen LogP contribution in [0.4, 0.5) is 4.39 Å². The molecule has 7 heteroatoms. The highest BCUT2D eigenvalue weighted by Gasteiger charge is 2.21. The van der Waals surface area contributed by atoms with Crippen LogP contribution < -0.4 is 4.74 Å². The van der Waals surface area contributed by atoms with E-state index >= 15 is 0 Å². The van der Waals surface area contributed by atoms with Crippen LogP contribution >= 0.6 is 11.6 Å². The SMILES string of the molecule is Cc1nc2c(OC(C)(C)C)cc(-c3nc(Cl)ncc3F)cc2n1C(C)C. The summed E-state index contributed by atoms with van der Waals surface area (Å²) in [5.41, 5.74) is 1.89.